The van der Waals surface area contributed by atoms with Crippen LogP contribution in [0.3, 0.4) is 0 Å². The van der Waals surface area contributed by atoms with Gasteiger partial charge in [0.1, 0.15) is 0 Å². The summed E-state index contributed by atoms with van der Waals surface area (Å²) in [5.41, 5.74) is 1.99. The van der Waals surface area contributed by atoms with Crippen molar-refractivity contribution >= 4 is 11.0 Å². The minimum absolute atomic E-state index is 0.818. The minimum atomic E-state index is 0.818. The molecule has 0 fully saturated rings. The second kappa shape index (κ2) is 4.36. The Labute approximate surface area is 78.0 Å². The van der Waals surface area contributed by atoms with Crippen molar-refractivity contribution < 1.29 is 0 Å². The molecule has 0 aliphatic rings. The van der Waals surface area contributed by atoms with Gasteiger partial charge in [0.2, 0.25) is 0 Å². The van der Waals surface area contributed by atoms with Crippen LogP contribution in [0.1, 0.15) is 5.56 Å². The van der Waals surface area contributed by atoms with E-state index < -0.39 is 0 Å². The first-order chi connectivity index (χ1) is 6.36. The maximum Gasteiger partial charge on any atom is 0.159 e. The Hall–Kier alpha value is -1.70. The Kier molecular flexibility index (Phi) is 3.15. The molecular formula is C11H12N2. The Morgan fingerprint density at radius 2 is 2.00 bits per heavy atom. The molecule has 0 unspecified atom stereocenters. The SMILES string of the molecule is C=C.Cc1cnc2ncccc2c1. The zero-order chi connectivity index (χ0) is 9.68. The van der Waals surface area contributed by atoms with Crippen molar-refractivity contribution in [3.05, 3.63) is 49.3 Å². The zero-order valence-electron chi connectivity index (χ0n) is 7.70. The van der Waals surface area contributed by atoms with Crippen LogP contribution >= 0.6 is 0 Å². The first-order valence-corrected chi connectivity index (χ1v) is 4.03. The summed E-state index contributed by atoms with van der Waals surface area (Å²) in [6, 6.07) is 6.02. The molecule has 2 heteroatoms. The van der Waals surface area contributed by atoms with E-state index in [4.69, 9.17) is 0 Å². The molecule has 2 rings (SSSR count). The Balaban J connectivity index is 0.000000396. The maximum absolute atomic E-state index is 4.17. The molecule has 0 bridgehead atoms. The fourth-order valence-electron chi connectivity index (χ4n) is 1.08. The summed E-state index contributed by atoms with van der Waals surface area (Å²) in [7, 11) is 0. The number of rotatable bonds is 0. The quantitative estimate of drug-likeness (QED) is 0.571. The first kappa shape index (κ1) is 9.39. The first-order valence-electron chi connectivity index (χ1n) is 4.03. The molecule has 2 nitrogen and oxygen atoms in total. The molecule has 66 valence electrons. The smallest absolute Gasteiger partial charge is 0.159 e. The number of pyridine rings is 2. The van der Waals surface area contributed by atoms with Crippen molar-refractivity contribution in [3.63, 3.8) is 0 Å². The molecule has 0 amide bonds. The van der Waals surface area contributed by atoms with Gasteiger partial charge >= 0.3 is 0 Å². The standard InChI is InChI=1S/C9H8N2.C2H4/c1-7-5-8-3-2-4-10-9(8)11-6-7;1-2/h2-6H,1H3;1-2H2. The van der Waals surface area contributed by atoms with Gasteiger partial charge in [-0.05, 0) is 30.7 Å². The predicted molar refractivity (Wildman–Crippen MR) is 55.5 cm³/mol. The van der Waals surface area contributed by atoms with E-state index in [0.717, 1.165) is 11.0 Å². The summed E-state index contributed by atoms with van der Waals surface area (Å²) in [6.07, 6.45) is 3.58. The fourth-order valence-corrected chi connectivity index (χ4v) is 1.08. The molecule has 0 N–H and O–H groups in total. The summed E-state index contributed by atoms with van der Waals surface area (Å²) in [6.45, 7) is 8.03. The number of aromatic nitrogens is 2. The van der Waals surface area contributed by atoms with E-state index in [0.29, 0.717) is 0 Å². The number of fused-ring (bicyclic) bond motifs is 1. The third kappa shape index (κ3) is 2.12. The number of hydrogen-bond acceptors (Lipinski definition) is 2. The normalized spacial score (nSPS) is 9.00. The Bertz CT molecular complexity index is 396. The van der Waals surface area contributed by atoms with Crippen molar-refractivity contribution in [1.82, 2.24) is 9.97 Å². The third-order valence-corrected chi connectivity index (χ3v) is 1.59. The molecule has 0 aliphatic carbocycles. The molecule has 2 aromatic heterocycles. The highest BCUT2D eigenvalue weighted by molar-refractivity contribution is 5.74. The molecule has 2 heterocycles. The van der Waals surface area contributed by atoms with E-state index >= 15 is 0 Å². The summed E-state index contributed by atoms with van der Waals surface area (Å²) in [5.74, 6) is 0. The summed E-state index contributed by atoms with van der Waals surface area (Å²) < 4.78 is 0. The molecular weight excluding hydrogens is 160 g/mol. The number of aryl methyl sites for hydroxylation is 1. The topological polar surface area (TPSA) is 25.8 Å². The van der Waals surface area contributed by atoms with E-state index in [1.165, 1.54) is 5.56 Å². The van der Waals surface area contributed by atoms with Crippen LogP contribution in [0.15, 0.2) is 43.8 Å². The van der Waals surface area contributed by atoms with E-state index in [1.807, 2.05) is 25.3 Å². The maximum atomic E-state index is 4.17. The molecule has 0 radical (unpaired) electrons. The van der Waals surface area contributed by atoms with Crippen LogP contribution in [0.4, 0.5) is 0 Å². The van der Waals surface area contributed by atoms with Crippen molar-refractivity contribution in [1.29, 1.82) is 0 Å². The van der Waals surface area contributed by atoms with Crippen LogP contribution in [0.25, 0.3) is 11.0 Å². The summed E-state index contributed by atoms with van der Waals surface area (Å²) in [5, 5.41) is 1.10. The van der Waals surface area contributed by atoms with Gasteiger partial charge in [-0.25, -0.2) is 9.97 Å². The molecule has 0 aliphatic heterocycles. The van der Waals surface area contributed by atoms with Crippen molar-refractivity contribution in [3.8, 4) is 0 Å². The predicted octanol–water partition coefficient (Wildman–Crippen LogP) is 2.74. The van der Waals surface area contributed by atoms with Gasteiger partial charge in [-0.1, -0.05) is 0 Å². The van der Waals surface area contributed by atoms with Crippen molar-refractivity contribution in [2.45, 2.75) is 6.92 Å². The summed E-state index contributed by atoms with van der Waals surface area (Å²) >= 11 is 0. The monoisotopic (exact) mass is 172 g/mol. The van der Waals surface area contributed by atoms with E-state index in [2.05, 4.69) is 29.2 Å². The van der Waals surface area contributed by atoms with Gasteiger partial charge in [0.05, 0.1) is 0 Å². The zero-order valence-corrected chi connectivity index (χ0v) is 7.70. The van der Waals surface area contributed by atoms with Gasteiger partial charge in [-0.2, -0.15) is 0 Å². The lowest BCUT2D eigenvalue weighted by Crippen LogP contribution is -1.82. The van der Waals surface area contributed by atoms with Crippen LogP contribution in [0.5, 0.6) is 0 Å². The van der Waals surface area contributed by atoms with Gasteiger partial charge in [-0.15, -0.1) is 13.2 Å². The average molecular weight is 172 g/mol. The van der Waals surface area contributed by atoms with Gasteiger partial charge in [0, 0.05) is 17.8 Å². The van der Waals surface area contributed by atoms with Crippen molar-refractivity contribution in [2.24, 2.45) is 0 Å². The molecule has 0 saturated carbocycles. The van der Waals surface area contributed by atoms with Crippen LogP contribution in [0, 0.1) is 6.92 Å². The van der Waals surface area contributed by atoms with Gasteiger partial charge < -0.3 is 0 Å². The van der Waals surface area contributed by atoms with E-state index in [-0.39, 0.29) is 0 Å². The highest BCUT2D eigenvalue weighted by Gasteiger charge is 1.92. The lowest BCUT2D eigenvalue weighted by atomic mass is 10.2. The lowest BCUT2D eigenvalue weighted by molar-refractivity contribution is 1.26. The van der Waals surface area contributed by atoms with Gasteiger partial charge in [0.15, 0.2) is 5.65 Å². The molecule has 0 spiro atoms. The van der Waals surface area contributed by atoms with Crippen LogP contribution in [-0.4, -0.2) is 9.97 Å². The molecule has 13 heavy (non-hydrogen) atoms. The average Bonchev–Trinajstić information content (AvgIpc) is 2.21. The second-order valence-electron chi connectivity index (χ2n) is 2.56. The number of nitrogens with zero attached hydrogens (tertiary/aromatic N) is 2. The number of hydrogen-bond donors (Lipinski definition) is 0. The summed E-state index contributed by atoms with van der Waals surface area (Å²) in [4.78, 5) is 8.28. The Morgan fingerprint density at radius 3 is 2.77 bits per heavy atom. The minimum Gasteiger partial charge on any atom is -0.237 e. The van der Waals surface area contributed by atoms with Crippen molar-refractivity contribution in [2.75, 3.05) is 0 Å². The van der Waals surface area contributed by atoms with Crippen LogP contribution in [0.2, 0.25) is 0 Å². The molecule has 2 aromatic rings. The lowest BCUT2D eigenvalue weighted by Gasteiger charge is -1.94. The Morgan fingerprint density at radius 1 is 1.23 bits per heavy atom. The van der Waals surface area contributed by atoms with Gasteiger partial charge in [-0.3, -0.25) is 0 Å². The van der Waals surface area contributed by atoms with Crippen LogP contribution in [-0.2, 0) is 0 Å². The second-order valence-corrected chi connectivity index (χ2v) is 2.56. The molecule has 0 atom stereocenters. The van der Waals surface area contributed by atoms with Crippen LogP contribution < -0.4 is 0 Å². The highest BCUT2D eigenvalue weighted by Crippen LogP contribution is 2.08. The molecule has 0 aromatic carbocycles. The van der Waals surface area contributed by atoms with E-state index in [9.17, 15) is 0 Å². The highest BCUT2D eigenvalue weighted by atomic mass is 14.8. The fraction of sp³-hybridized carbons (Fsp3) is 0.0909. The van der Waals surface area contributed by atoms with Gasteiger partial charge in [0.25, 0.3) is 0 Å². The third-order valence-electron chi connectivity index (χ3n) is 1.59. The molecule has 0 saturated heterocycles. The van der Waals surface area contributed by atoms with E-state index in [1.54, 1.807) is 6.20 Å². The largest absolute Gasteiger partial charge is 0.237 e.